The van der Waals surface area contributed by atoms with Crippen LogP contribution < -0.4 is 0 Å². The van der Waals surface area contributed by atoms with Gasteiger partial charge in [0.15, 0.2) is 0 Å². The van der Waals surface area contributed by atoms with Crippen LogP contribution in [0.25, 0.3) is 16.9 Å². The van der Waals surface area contributed by atoms with Crippen molar-refractivity contribution in [2.45, 2.75) is 231 Å². The van der Waals surface area contributed by atoms with Crippen LogP contribution in [0, 0.1) is 0 Å². The summed E-state index contributed by atoms with van der Waals surface area (Å²) < 4.78 is 1.45. The van der Waals surface area contributed by atoms with Crippen LogP contribution in [0.5, 0.6) is 0 Å². The molecule has 2 aromatic rings. The second-order valence-corrected chi connectivity index (χ2v) is 18.1. The first-order valence-corrected chi connectivity index (χ1v) is 26.5. The predicted molar refractivity (Wildman–Crippen MR) is 241 cm³/mol. The van der Waals surface area contributed by atoms with Crippen LogP contribution in [0.4, 0.5) is 0 Å². The van der Waals surface area contributed by atoms with Gasteiger partial charge >= 0.3 is 28.8 Å². The Labute approximate surface area is 350 Å². The van der Waals surface area contributed by atoms with Crippen LogP contribution in [0.15, 0.2) is 60.2 Å². The van der Waals surface area contributed by atoms with Gasteiger partial charge in [0, 0.05) is 22.8 Å². The molecule has 1 aliphatic rings. The Morgan fingerprint density at radius 2 is 0.709 bits per heavy atom. The van der Waals surface area contributed by atoms with Crippen molar-refractivity contribution in [1.29, 1.82) is 0 Å². The monoisotopic (exact) mass is 845 g/mol. The standard InChI is InChI=1S/C50H80N2.2CH3.Pd/c1-4-7-10-11-12-13-14-15-16-17-18-19-20-21-22-23-24-25-26-27-28-29-30-31-33-45-37-41-47(42-38-45)50-48(34-9-6-3)43-49(52(50)51)46-39-35-44(36-40-46)32-8-5-2;;;/h35-43H,4-34H2,1-3H3;2*1H3;. The molecule has 1 heterocycles. The van der Waals surface area contributed by atoms with E-state index in [2.05, 4.69) is 86.2 Å². The van der Waals surface area contributed by atoms with Crippen LogP contribution in [0.3, 0.4) is 0 Å². The molecular weight excluding hydrogens is 759 g/mol. The maximum absolute atomic E-state index is 11.4. The molecule has 0 aromatic heterocycles. The molecule has 55 heavy (non-hydrogen) atoms. The molecule has 0 spiro atoms. The molecule has 3 rings (SSSR count). The Bertz CT molecular complexity index is 1270. The van der Waals surface area contributed by atoms with Gasteiger partial charge in [0.05, 0.1) is 0 Å². The van der Waals surface area contributed by atoms with Crippen LogP contribution in [-0.4, -0.2) is 4.70 Å². The molecule has 1 aliphatic heterocycles. The zero-order chi connectivity index (χ0) is 39.6. The third kappa shape index (κ3) is 22.6. The molecule has 3 heteroatoms. The van der Waals surface area contributed by atoms with Crippen molar-refractivity contribution in [3.8, 4) is 0 Å². The summed E-state index contributed by atoms with van der Waals surface area (Å²) in [6.45, 7) is 6.78. The molecule has 2 nitrogen and oxygen atoms in total. The van der Waals surface area contributed by atoms with E-state index in [9.17, 15) is 5.53 Å². The van der Waals surface area contributed by atoms with Crippen molar-refractivity contribution in [2.24, 2.45) is 0 Å². The Morgan fingerprint density at radius 1 is 0.400 bits per heavy atom. The Balaban J connectivity index is 0.00000337. The summed E-state index contributed by atoms with van der Waals surface area (Å²) >= 11 is 0.950. The first kappa shape index (κ1) is 49.3. The first-order chi connectivity index (χ1) is 27.1. The summed E-state index contributed by atoms with van der Waals surface area (Å²) in [5, 5.41) is 4.35. The molecule has 0 aliphatic carbocycles. The molecule has 0 bridgehead atoms. The molecular formula is C52H86N2Pd. The SMILES string of the molecule is CCCCCCCCCCCCCCCCCCCCCCCCCCc1ccc(C2=C(CCCC)C=C(c3ccc(CCCC)cc3)[N+]2=[N-])cc1.[CH3][Pd][CH3]. The molecule has 0 unspecified atom stereocenters. The van der Waals surface area contributed by atoms with Gasteiger partial charge in [0.2, 0.25) is 11.4 Å². The number of allylic oxidation sites excluding steroid dienone is 2. The summed E-state index contributed by atoms with van der Waals surface area (Å²) in [5.41, 5.74) is 19.5. The van der Waals surface area contributed by atoms with Crippen LogP contribution in [0.1, 0.15) is 229 Å². The number of nitrogens with zero attached hydrogens (tertiary/aromatic N) is 2. The molecule has 0 N–H and O–H groups in total. The van der Waals surface area contributed by atoms with Crippen molar-refractivity contribution >= 4 is 11.4 Å². The van der Waals surface area contributed by atoms with Gasteiger partial charge in [-0.3, -0.25) is 0 Å². The van der Waals surface area contributed by atoms with E-state index in [4.69, 9.17) is 0 Å². The number of hydrogen-bond donors (Lipinski definition) is 0. The molecule has 0 saturated carbocycles. The topological polar surface area (TPSA) is 25.3 Å². The summed E-state index contributed by atoms with van der Waals surface area (Å²) in [5.74, 6) is 0. The molecule has 0 atom stereocenters. The van der Waals surface area contributed by atoms with Crippen LogP contribution in [-0.2, 0) is 30.8 Å². The van der Waals surface area contributed by atoms with E-state index in [0.29, 0.717) is 0 Å². The number of hydrogen-bond acceptors (Lipinski definition) is 0. The average molecular weight is 846 g/mol. The molecule has 0 radical (unpaired) electrons. The van der Waals surface area contributed by atoms with Gasteiger partial charge in [0.1, 0.15) is 0 Å². The van der Waals surface area contributed by atoms with E-state index in [1.165, 1.54) is 188 Å². The van der Waals surface area contributed by atoms with E-state index in [-0.39, 0.29) is 0 Å². The fourth-order valence-electron chi connectivity index (χ4n) is 7.97. The van der Waals surface area contributed by atoms with Gasteiger partial charge in [-0.05, 0) is 73.9 Å². The van der Waals surface area contributed by atoms with Crippen LogP contribution in [0.2, 0.25) is 10.8 Å². The van der Waals surface area contributed by atoms with Gasteiger partial charge in [-0.15, -0.1) is 0 Å². The number of benzene rings is 2. The minimum absolute atomic E-state index is 0.896. The first-order valence-electron chi connectivity index (χ1n) is 23.4. The minimum atomic E-state index is 0.896. The number of unbranched alkanes of at least 4 members (excludes halogenated alkanes) is 25. The summed E-state index contributed by atoms with van der Waals surface area (Å²) in [4.78, 5) is 0. The van der Waals surface area contributed by atoms with E-state index in [1.807, 2.05) is 0 Å². The van der Waals surface area contributed by atoms with E-state index in [0.717, 1.165) is 72.6 Å². The van der Waals surface area contributed by atoms with Crippen molar-refractivity contribution in [3.05, 3.63) is 88.0 Å². The number of rotatable bonds is 33. The van der Waals surface area contributed by atoms with Crippen molar-refractivity contribution in [3.63, 3.8) is 0 Å². The van der Waals surface area contributed by atoms with Gasteiger partial charge in [-0.2, -0.15) is 0 Å². The van der Waals surface area contributed by atoms with Gasteiger partial charge in [0.25, 0.3) is 0 Å². The quantitative estimate of drug-likeness (QED) is 0.0389. The second-order valence-electron chi connectivity index (χ2n) is 16.5. The zero-order valence-electron chi connectivity index (χ0n) is 36.8. The van der Waals surface area contributed by atoms with Gasteiger partial charge in [-0.25, -0.2) is 4.70 Å². The van der Waals surface area contributed by atoms with E-state index in [1.54, 1.807) is 0 Å². The Morgan fingerprint density at radius 3 is 1.09 bits per heavy atom. The molecule has 0 amide bonds. The molecule has 0 saturated heterocycles. The van der Waals surface area contributed by atoms with Crippen molar-refractivity contribution in [2.75, 3.05) is 0 Å². The molecule has 314 valence electrons. The Hall–Kier alpha value is -1.82. The van der Waals surface area contributed by atoms with Crippen LogP contribution >= 0.6 is 0 Å². The molecule has 0 fully saturated rings. The Kier molecular flexibility index (Phi) is 30.7. The molecule has 2 aromatic carbocycles. The third-order valence-corrected chi connectivity index (χ3v) is 11.5. The third-order valence-electron chi connectivity index (χ3n) is 11.5. The summed E-state index contributed by atoms with van der Waals surface area (Å²) in [7, 11) is 0. The summed E-state index contributed by atoms with van der Waals surface area (Å²) in [6.07, 6.45) is 44.6. The van der Waals surface area contributed by atoms with E-state index >= 15 is 0 Å². The average Bonchev–Trinajstić information content (AvgIpc) is 3.53. The van der Waals surface area contributed by atoms with Crippen molar-refractivity contribution < 1.29 is 22.7 Å². The number of aryl methyl sites for hydroxylation is 2. The van der Waals surface area contributed by atoms with Gasteiger partial charge < -0.3 is 5.53 Å². The summed E-state index contributed by atoms with van der Waals surface area (Å²) in [6, 6.07) is 17.8. The normalized spacial score (nSPS) is 12.7. The predicted octanol–water partition coefficient (Wildman–Crippen LogP) is 18.1. The fraction of sp³-hybridized carbons (Fsp3) is 0.692. The maximum atomic E-state index is 11.4. The van der Waals surface area contributed by atoms with Gasteiger partial charge in [-0.1, -0.05) is 206 Å². The van der Waals surface area contributed by atoms with Crippen molar-refractivity contribution in [1.82, 2.24) is 0 Å². The zero-order valence-corrected chi connectivity index (χ0v) is 38.4. The second kappa shape index (κ2) is 34.2. The van der Waals surface area contributed by atoms with E-state index < -0.39 is 0 Å². The fourth-order valence-corrected chi connectivity index (χ4v) is 7.97.